The second-order valence-corrected chi connectivity index (χ2v) is 6.35. The van der Waals surface area contributed by atoms with Crippen molar-refractivity contribution in [2.45, 2.75) is 40.2 Å². The monoisotopic (exact) mass is 337 g/mol. The number of nitrogens with one attached hydrogen (secondary N) is 2. The molecule has 0 aliphatic heterocycles. The van der Waals surface area contributed by atoms with Crippen molar-refractivity contribution < 1.29 is 4.74 Å². The van der Waals surface area contributed by atoms with Gasteiger partial charge >= 0.3 is 0 Å². The van der Waals surface area contributed by atoms with Crippen molar-refractivity contribution in [3.8, 4) is 5.75 Å². The van der Waals surface area contributed by atoms with Crippen molar-refractivity contribution in [2.24, 2.45) is 4.99 Å². The summed E-state index contributed by atoms with van der Waals surface area (Å²) < 4.78 is 5.72. The van der Waals surface area contributed by atoms with Gasteiger partial charge in [0.05, 0.1) is 13.2 Å². The average Bonchev–Trinajstić information content (AvgIpc) is 2.54. The van der Waals surface area contributed by atoms with E-state index in [1.165, 1.54) is 24.2 Å². The highest BCUT2D eigenvalue weighted by atomic mass is 32.2. The SMILES string of the molecule is CCNC(=NCc1ccc(C)cc1OCC)NCCCCSC. The number of nitrogens with zero attached hydrogens (tertiary/aromatic N) is 1. The van der Waals surface area contributed by atoms with Crippen molar-refractivity contribution in [3.05, 3.63) is 29.3 Å². The molecule has 0 radical (unpaired) electrons. The second kappa shape index (κ2) is 12.1. The molecule has 0 unspecified atom stereocenters. The molecule has 1 aromatic rings. The lowest BCUT2D eigenvalue weighted by atomic mass is 10.1. The van der Waals surface area contributed by atoms with Crippen molar-refractivity contribution in [3.63, 3.8) is 0 Å². The van der Waals surface area contributed by atoms with Crippen LogP contribution in [0.1, 0.15) is 37.8 Å². The van der Waals surface area contributed by atoms with Crippen LogP contribution in [0.3, 0.4) is 0 Å². The van der Waals surface area contributed by atoms with E-state index in [-0.39, 0.29) is 0 Å². The maximum Gasteiger partial charge on any atom is 0.191 e. The molecule has 0 aliphatic carbocycles. The first kappa shape index (κ1) is 19.7. The minimum Gasteiger partial charge on any atom is -0.494 e. The number of aliphatic imine (C=N–C) groups is 1. The number of ether oxygens (including phenoxy) is 1. The smallest absolute Gasteiger partial charge is 0.191 e. The summed E-state index contributed by atoms with van der Waals surface area (Å²) in [4.78, 5) is 4.68. The first-order valence-corrected chi connectivity index (χ1v) is 9.84. The number of hydrogen-bond acceptors (Lipinski definition) is 3. The predicted molar refractivity (Wildman–Crippen MR) is 103 cm³/mol. The zero-order valence-corrected chi connectivity index (χ0v) is 15.8. The van der Waals surface area contributed by atoms with E-state index in [9.17, 15) is 0 Å². The molecule has 0 atom stereocenters. The Kier molecular flexibility index (Phi) is 10.4. The molecule has 0 saturated heterocycles. The number of rotatable bonds is 10. The lowest BCUT2D eigenvalue weighted by Gasteiger charge is -2.13. The third-order valence-corrected chi connectivity index (χ3v) is 4.04. The minimum atomic E-state index is 0.621. The zero-order valence-electron chi connectivity index (χ0n) is 14.9. The van der Waals surface area contributed by atoms with Crippen LogP contribution in [0.4, 0.5) is 0 Å². The van der Waals surface area contributed by atoms with Crippen LogP contribution in [0, 0.1) is 6.92 Å². The topological polar surface area (TPSA) is 45.7 Å². The van der Waals surface area contributed by atoms with Gasteiger partial charge in [0.15, 0.2) is 5.96 Å². The van der Waals surface area contributed by atoms with Gasteiger partial charge in [-0.15, -0.1) is 0 Å². The molecule has 0 aromatic heterocycles. The molecule has 0 saturated carbocycles. The number of thioether (sulfide) groups is 1. The van der Waals surface area contributed by atoms with E-state index in [0.717, 1.165) is 30.4 Å². The molecule has 0 spiro atoms. The highest BCUT2D eigenvalue weighted by molar-refractivity contribution is 7.98. The quantitative estimate of drug-likeness (QED) is 0.389. The molecule has 23 heavy (non-hydrogen) atoms. The molecule has 4 nitrogen and oxygen atoms in total. The lowest BCUT2D eigenvalue weighted by molar-refractivity contribution is 0.336. The van der Waals surface area contributed by atoms with Crippen LogP contribution < -0.4 is 15.4 Å². The van der Waals surface area contributed by atoms with E-state index in [1.54, 1.807) is 0 Å². The van der Waals surface area contributed by atoms with E-state index in [2.05, 4.69) is 53.9 Å². The van der Waals surface area contributed by atoms with Crippen molar-refractivity contribution in [1.29, 1.82) is 0 Å². The van der Waals surface area contributed by atoms with Gasteiger partial charge in [0.2, 0.25) is 0 Å². The number of hydrogen-bond donors (Lipinski definition) is 2. The van der Waals surface area contributed by atoms with E-state index in [0.29, 0.717) is 13.2 Å². The summed E-state index contributed by atoms with van der Waals surface area (Å²) >= 11 is 1.90. The van der Waals surface area contributed by atoms with Gasteiger partial charge in [-0.2, -0.15) is 11.8 Å². The van der Waals surface area contributed by atoms with E-state index >= 15 is 0 Å². The number of aryl methyl sites for hydroxylation is 1. The van der Waals surface area contributed by atoms with Gasteiger partial charge in [-0.1, -0.05) is 12.1 Å². The Bertz CT molecular complexity index is 477. The fourth-order valence-corrected chi connectivity index (χ4v) is 2.66. The van der Waals surface area contributed by atoms with Crippen molar-refractivity contribution in [2.75, 3.05) is 31.7 Å². The van der Waals surface area contributed by atoms with Crippen LogP contribution in [-0.2, 0) is 6.54 Å². The molecule has 5 heteroatoms. The summed E-state index contributed by atoms with van der Waals surface area (Å²) in [6.07, 6.45) is 4.55. The number of guanidine groups is 1. The van der Waals surface area contributed by atoms with E-state index in [1.807, 2.05) is 18.7 Å². The fraction of sp³-hybridized carbons (Fsp3) is 0.611. The molecule has 0 fully saturated rings. The minimum absolute atomic E-state index is 0.621. The van der Waals surface area contributed by atoms with E-state index < -0.39 is 0 Å². The van der Waals surface area contributed by atoms with Gasteiger partial charge in [0.1, 0.15) is 5.75 Å². The fourth-order valence-electron chi connectivity index (χ4n) is 2.17. The second-order valence-electron chi connectivity index (χ2n) is 5.37. The molecule has 0 heterocycles. The van der Waals surface area contributed by atoms with Crippen LogP contribution in [0.2, 0.25) is 0 Å². The normalized spacial score (nSPS) is 11.4. The Morgan fingerprint density at radius 3 is 2.74 bits per heavy atom. The van der Waals surface area contributed by atoms with Gasteiger partial charge in [-0.25, -0.2) is 4.99 Å². The van der Waals surface area contributed by atoms with Gasteiger partial charge in [-0.3, -0.25) is 0 Å². The van der Waals surface area contributed by atoms with Gasteiger partial charge in [0, 0.05) is 18.7 Å². The molecule has 1 aromatic carbocycles. The van der Waals surface area contributed by atoms with Crippen LogP contribution >= 0.6 is 11.8 Å². The highest BCUT2D eigenvalue weighted by Gasteiger charge is 2.04. The largest absolute Gasteiger partial charge is 0.494 e. The Morgan fingerprint density at radius 2 is 2.04 bits per heavy atom. The summed E-state index contributed by atoms with van der Waals surface area (Å²) in [6, 6.07) is 6.29. The molecular weight excluding hydrogens is 306 g/mol. The summed E-state index contributed by atoms with van der Waals surface area (Å²) in [5, 5.41) is 6.70. The molecule has 0 bridgehead atoms. The number of unbranched alkanes of at least 4 members (excludes halogenated alkanes) is 1. The van der Waals surface area contributed by atoms with Gasteiger partial charge in [0.25, 0.3) is 0 Å². The maximum absolute atomic E-state index is 5.72. The molecule has 2 N–H and O–H groups in total. The zero-order chi connectivity index (χ0) is 16.9. The van der Waals surface area contributed by atoms with Crippen LogP contribution in [0.25, 0.3) is 0 Å². The number of benzene rings is 1. The van der Waals surface area contributed by atoms with E-state index in [4.69, 9.17) is 4.74 Å². The van der Waals surface area contributed by atoms with Crippen LogP contribution in [0.5, 0.6) is 5.75 Å². The van der Waals surface area contributed by atoms with Crippen LogP contribution in [-0.4, -0.2) is 37.7 Å². The Morgan fingerprint density at radius 1 is 1.22 bits per heavy atom. The Balaban J connectivity index is 2.62. The van der Waals surface area contributed by atoms with Crippen LogP contribution in [0.15, 0.2) is 23.2 Å². The third-order valence-electron chi connectivity index (χ3n) is 3.34. The lowest BCUT2D eigenvalue weighted by Crippen LogP contribution is -2.37. The van der Waals surface area contributed by atoms with Crippen molar-refractivity contribution >= 4 is 17.7 Å². The van der Waals surface area contributed by atoms with Gasteiger partial charge in [-0.05, 0) is 57.3 Å². The average molecular weight is 338 g/mol. The first-order chi connectivity index (χ1) is 11.2. The summed E-state index contributed by atoms with van der Waals surface area (Å²) in [6.45, 7) is 9.29. The van der Waals surface area contributed by atoms with Gasteiger partial charge < -0.3 is 15.4 Å². The Hall–Kier alpha value is -1.36. The molecule has 0 aliphatic rings. The summed E-state index contributed by atoms with van der Waals surface area (Å²) in [5.74, 6) is 3.03. The predicted octanol–water partition coefficient (Wildman–Crippen LogP) is 3.59. The molecule has 0 amide bonds. The van der Waals surface area contributed by atoms with Crippen molar-refractivity contribution in [1.82, 2.24) is 10.6 Å². The molecule has 130 valence electrons. The third kappa shape index (κ3) is 8.16. The summed E-state index contributed by atoms with van der Waals surface area (Å²) in [7, 11) is 0. The summed E-state index contributed by atoms with van der Waals surface area (Å²) in [5.41, 5.74) is 2.33. The standard InChI is InChI=1S/C18H31N3OS/c1-5-19-18(20-11-7-8-12-23-4)21-14-16-10-9-15(3)13-17(16)22-6-2/h9-10,13H,5-8,11-12,14H2,1-4H3,(H2,19,20,21). The highest BCUT2D eigenvalue weighted by Crippen LogP contribution is 2.21. The molecular formula is C18H31N3OS. The molecule has 1 rings (SSSR count). The maximum atomic E-state index is 5.72. The first-order valence-electron chi connectivity index (χ1n) is 8.44. The Labute approximate surface area is 145 Å².